The summed E-state index contributed by atoms with van der Waals surface area (Å²) in [5, 5.41) is 0. The Labute approximate surface area is 116 Å². The minimum Gasteiger partial charge on any atom is -0.497 e. The Morgan fingerprint density at radius 3 is 2.17 bits per heavy atom. The highest BCUT2D eigenvalue weighted by atomic mass is 35.5. The van der Waals surface area contributed by atoms with Crippen molar-refractivity contribution in [3.63, 3.8) is 0 Å². The van der Waals surface area contributed by atoms with Crippen molar-refractivity contribution in [3.8, 4) is 5.75 Å². The van der Waals surface area contributed by atoms with E-state index in [9.17, 15) is 0 Å². The van der Waals surface area contributed by atoms with Crippen molar-refractivity contribution in [3.05, 3.63) is 29.8 Å². The van der Waals surface area contributed by atoms with Crippen molar-refractivity contribution >= 4 is 11.6 Å². The molecule has 0 saturated carbocycles. The summed E-state index contributed by atoms with van der Waals surface area (Å²) in [5.41, 5.74) is 1.34. The minimum atomic E-state index is 0.558. The normalized spacial score (nSPS) is 14.6. The summed E-state index contributed by atoms with van der Waals surface area (Å²) in [7, 11) is 1.70. The van der Waals surface area contributed by atoms with E-state index in [-0.39, 0.29) is 0 Å². The molecule has 0 aliphatic heterocycles. The van der Waals surface area contributed by atoms with Gasteiger partial charge in [-0.15, -0.1) is 11.6 Å². The van der Waals surface area contributed by atoms with Crippen molar-refractivity contribution < 1.29 is 4.74 Å². The van der Waals surface area contributed by atoms with Crippen molar-refractivity contribution in [1.82, 2.24) is 0 Å². The molecule has 2 atom stereocenters. The molecular formula is C16H25ClO. The lowest BCUT2D eigenvalue weighted by Crippen LogP contribution is -2.18. The SMILES string of the molecule is COc1ccc(CC(CCl)C(C)CC(C)C)cc1. The van der Waals surface area contributed by atoms with Gasteiger partial charge in [0, 0.05) is 5.88 Å². The van der Waals surface area contributed by atoms with E-state index in [1.165, 1.54) is 12.0 Å². The molecule has 2 heteroatoms. The number of rotatable bonds is 7. The zero-order chi connectivity index (χ0) is 13.5. The molecule has 0 aliphatic carbocycles. The summed E-state index contributed by atoms with van der Waals surface area (Å²) in [6, 6.07) is 8.32. The predicted octanol–water partition coefficient (Wildman–Crippen LogP) is 4.77. The van der Waals surface area contributed by atoms with Crippen LogP contribution in [-0.4, -0.2) is 13.0 Å². The Balaban J connectivity index is 2.61. The lowest BCUT2D eigenvalue weighted by molar-refractivity contribution is 0.325. The van der Waals surface area contributed by atoms with E-state index >= 15 is 0 Å². The third-order valence-corrected chi connectivity index (χ3v) is 3.90. The first-order valence-electron chi connectivity index (χ1n) is 6.75. The molecule has 0 radical (unpaired) electrons. The second-order valence-corrected chi connectivity index (χ2v) is 5.88. The van der Waals surface area contributed by atoms with Gasteiger partial charge in [-0.05, 0) is 48.3 Å². The number of alkyl halides is 1. The molecule has 18 heavy (non-hydrogen) atoms. The monoisotopic (exact) mass is 268 g/mol. The first-order valence-corrected chi connectivity index (χ1v) is 7.29. The largest absolute Gasteiger partial charge is 0.497 e. The van der Waals surface area contributed by atoms with E-state index in [0.717, 1.165) is 24.0 Å². The van der Waals surface area contributed by atoms with Gasteiger partial charge in [-0.2, -0.15) is 0 Å². The number of methoxy groups -OCH3 is 1. The minimum absolute atomic E-state index is 0.558. The molecule has 1 aromatic carbocycles. The summed E-state index contributed by atoms with van der Waals surface area (Å²) in [5.74, 6) is 3.62. The number of hydrogen-bond donors (Lipinski definition) is 0. The van der Waals surface area contributed by atoms with Gasteiger partial charge >= 0.3 is 0 Å². The van der Waals surface area contributed by atoms with E-state index < -0.39 is 0 Å². The second kappa shape index (κ2) is 7.68. The fraction of sp³-hybridized carbons (Fsp3) is 0.625. The summed E-state index contributed by atoms with van der Waals surface area (Å²) < 4.78 is 5.17. The second-order valence-electron chi connectivity index (χ2n) is 5.57. The zero-order valence-corrected chi connectivity index (χ0v) is 12.7. The van der Waals surface area contributed by atoms with Crippen LogP contribution in [0.1, 0.15) is 32.8 Å². The molecule has 1 aromatic rings. The molecule has 1 rings (SSSR count). The predicted molar refractivity (Wildman–Crippen MR) is 79.5 cm³/mol. The Hall–Kier alpha value is -0.690. The van der Waals surface area contributed by atoms with Gasteiger partial charge in [-0.1, -0.05) is 32.9 Å². The Morgan fingerprint density at radius 2 is 1.72 bits per heavy atom. The standard InChI is InChI=1S/C16H25ClO/c1-12(2)9-13(3)15(11-17)10-14-5-7-16(18-4)8-6-14/h5-8,12-13,15H,9-11H2,1-4H3. The van der Waals surface area contributed by atoms with Crippen LogP contribution < -0.4 is 4.74 Å². The molecule has 0 heterocycles. The van der Waals surface area contributed by atoms with Gasteiger partial charge in [-0.25, -0.2) is 0 Å². The summed E-state index contributed by atoms with van der Waals surface area (Å²) in [6.45, 7) is 6.86. The molecule has 0 amide bonds. The van der Waals surface area contributed by atoms with Crippen molar-refractivity contribution in [2.45, 2.75) is 33.6 Å². The van der Waals surface area contributed by atoms with Gasteiger partial charge in [0.2, 0.25) is 0 Å². The molecule has 0 bridgehead atoms. The van der Waals surface area contributed by atoms with E-state index in [1.807, 2.05) is 12.1 Å². The highest BCUT2D eigenvalue weighted by molar-refractivity contribution is 6.18. The van der Waals surface area contributed by atoms with Gasteiger partial charge in [0.25, 0.3) is 0 Å². The fourth-order valence-corrected chi connectivity index (χ4v) is 2.82. The van der Waals surface area contributed by atoms with Crippen LogP contribution in [0.5, 0.6) is 5.75 Å². The number of benzene rings is 1. The van der Waals surface area contributed by atoms with Crippen molar-refractivity contribution in [1.29, 1.82) is 0 Å². The summed E-state index contributed by atoms with van der Waals surface area (Å²) in [6.07, 6.45) is 2.30. The van der Waals surface area contributed by atoms with Gasteiger partial charge < -0.3 is 4.74 Å². The molecule has 102 valence electrons. The van der Waals surface area contributed by atoms with Crippen LogP contribution in [0.25, 0.3) is 0 Å². The Kier molecular flexibility index (Phi) is 6.56. The van der Waals surface area contributed by atoms with E-state index in [4.69, 9.17) is 16.3 Å². The topological polar surface area (TPSA) is 9.23 Å². The number of ether oxygens (including phenoxy) is 1. The van der Waals surface area contributed by atoms with Gasteiger partial charge in [0.15, 0.2) is 0 Å². The maximum atomic E-state index is 6.13. The average molecular weight is 269 g/mol. The maximum absolute atomic E-state index is 6.13. The molecule has 0 saturated heterocycles. The average Bonchev–Trinajstić information content (AvgIpc) is 2.35. The molecule has 0 aromatic heterocycles. The van der Waals surface area contributed by atoms with Crippen LogP contribution >= 0.6 is 11.6 Å². The summed E-state index contributed by atoms with van der Waals surface area (Å²) >= 11 is 6.13. The van der Waals surface area contributed by atoms with Crippen molar-refractivity contribution in [2.75, 3.05) is 13.0 Å². The lowest BCUT2D eigenvalue weighted by atomic mass is 9.84. The van der Waals surface area contributed by atoms with E-state index in [0.29, 0.717) is 11.8 Å². The molecule has 0 fully saturated rings. The van der Waals surface area contributed by atoms with Crippen LogP contribution in [-0.2, 0) is 6.42 Å². The van der Waals surface area contributed by atoms with Gasteiger partial charge in [-0.3, -0.25) is 0 Å². The Bertz CT molecular complexity index is 331. The van der Waals surface area contributed by atoms with Crippen LogP contribution in [0.15, 0.2) is 24.3 Å². The highest BCUT2D eigenvalue weighted by Gasteiger charge is 2.18. The zero-order valence-electron chi connectivity index (χ0n) is 11.9. The molecule has 0 spiro atoms. The third-order valence-electron chi connectivity index (χ3n) is 3.50. The molecule has 2 unspecified atom stereocenters. The highest BCUT2D eigenvalue weighted by Crippen LogP contribution is 2.25. The first-order chi connectivity index (χ1) is 8.56. The number of halogens is 1. The van der Waals surface area contributed by atoms with Crippen molar-refractivity contribution in [2.24, 2.45) is 17.8 Å². The fourth-order valence-electron chi connectivity index (χ4n) is 2.41. The lowest BCUT2D eigenvalue weighted by Gasteiger charge is -2.23. The van der Waals surface area contributed by atoms with Crippen LogP contribution in [0.2, 0.25) is 0 Å². The van der Waals surface area contributed by atoms with Crippen LogP contribution in [0, 0.1) is 17.8 Å². The van der Waals surface area contributed by atoms with E-state index in [1.54, 1.807) is 7.11 Å². The first kappa shape index (κ1) is 15.4. The smallest absolute Gasteiger partial charge is 0.118 e. The molecular weight excluding hydrogens is 244 g/mol. The molecule has 0 N–H and O–H groups in total. The van der Waals surface area contributed by atoms with Crippen LogP contribution in [0.3, 0.4) is 0 Å². The third kappa shape index (κ3) is 4.89. The van der Waals surface area contributed by atoms with Crippen LogP contribution in [0.4, 0.5) is 0 Å². The quantitative estimate of drug-likeness (QED) is 0.647. The van der Waals surface area contributed by atoms with Gasteiger partial charge in [0.1, 0.15) is 5.75 Å². The van der Waals surface area contributed by atoms with Gasteiger partial charge in [0.05, 0.1) is 7.11 Å². The summed E-state index contributed by atoms with van der Waals surface area (Å²) in [4.78, 5) is 0. The number of hydrogen-bond acceptors (Lipinski definition) is 1. The molecule has 0 aliphatic rings. The van der Waals surface area contributed by atoms with E-state index in [2.05, 4.69) is 32.9 Å². The maximum Gasteiger partial charge on any atom is 0.118 e. The Morgan fingerprint density at radius 1 is 1.11 bits per heavy atom. The molecule has 1 nitrogen and oxygen atoms in total.